The number of rotatable bonds is 6. The Morgan fingerprint density at radius 1 is 1.00 bits per heavy atom. The number of hydrogen-bond acceptors (Lipinski definition) is 4. The van der Waals surface area contributed by atoms with Crippen LogP contribution in [-0.4, -0.2) is 30.6 Å². The molecular weight excluding hydrogens is 232 g/mol. The summed E-state index contributed by atoms with van der Waals surface area (Å²) in [6.07, 6.45) is -0.654. The first-order valence-electron chi connectivity index (χ1n) is 6.49. The molecule has 4 heteroatoms. The van der Waals surface area contributed by atoms with Gasteiger partial charge in [0.05, 0.1) is 18.8 Å². The Hall–Kier alpha value is -0.770. The third kappa shape index (κ3) is 5.71. The zero-order valence-corrected chi connectivity index (χ0v) is 13.0. The van der Waals surface area contributed by atoms with E-state index >= 15 is 0 Å². The molecule has 0 aromatic rings. The second-order valence-electron chi connectivity index (χ2n) is 6.27. The Labute approximate surface area is 111 Å². The molecule has 0 aromatic carbocycles. The highest BCUT2D eigenvalue weighted by Crippen LogP contribution is 2.34. The van der Waals surface area contributed by atoms with Gasteiger partial charge in [0.2, 0.25) is 0 Å². The van der Waals surface area contributed by atoms with Crippen molar-refractivity contribution in [1.82, 2.24) is 0 Å². The van der Waals surface area contributed by atoms with Crippen LogP contribution >= 0.6 is 0 Å². The summed E-state index contributed by atoms with van der Waals surface area (Å²) >= 11 is 0. The average Bonchev–Trinajstić information content (AvgIpc) is 2.11. The zero-order valence-electron chi connectivity index (χ0n) is 13.0. The van der Waals surface area contributed by atoms with Crippen LogP contribution in [0.4, 0.5) is 4.79 Å². The van der Waals surface area contributed by atoms with Gasteiger partial charge in [-0.15, -0.1) is 0 Å². The quantitative estimate of drug-likeness (QED) is 0.682. The Balaban J connectivity index is 4.53. The van der Waals surface area contributed by atoms with E-state index in [1.807, 2.05) is 41.5 Å². The van der Waals surface area contributed by atoms with Crippen molar-refractivity contribution in [2.24, 2.45) is 5.41 Å². The molecule has 18 heavy (non-hydrogen) atoms. The summed E-state index contributed by atoms with van der Waals surface area (Å²) < 4.78 is 16.0. The average molecular weight is 260 g/mol. The fourth-order valence-electron chi connectivity index (χ4n) is 1.11. The van der Waals surface area contributed by atoms with Gasteiger partial charge >= 0.3 is 6.16 Å². The molecule has 108 valence electrons. The van der Waals surface area contributed by atoms with Gasteiger partial charge in [-0.3, -0.25) is 0 Å². The van der Waals surface area contributed by atoms with Gasteiger partial charge in [0.15, 0.2) is 0 Å². The van der Waals surface area contributed by atoms with E-state index in [0.29, 0.717) is 6.61 Å². The summed E-state index contributed by atoms with van der Waals surface area (Å²) in [4.78, 5) is 11.6. The maximum Gasteiger partial charge on any atom is 0.509 e. The topological polar surface area (TPSA) is 44.8 Å². The second-order valence-corrected chi connectivity index (χ2v) is 6.27. The minimum absolute atomic E-state index is 0.155. The van der Waals surface area contributed by atoms with Crippen LogP contribution in [0.3, 0.4) is 0 Å². The zero-order chi connectivity index (χ0) is 14.6. The third-order valence-electron chi connectivity index (χ3n) is 3.08. The number of carbonyl (C=O) groups is 1. The Kier molecular flexibility index (Phi) is 6.14. The Morgan fingerprint density at radius 3 is 1.89 bits per heavy atom. The van der Waals surface area contributed by atoms with Gasteiger partial charge in [0, 0.05) is 5.41 Å². The van der Waals surface area contributed by atoms with E-state index in [1.165, 1.54) is 0 Å². The molecule has 0 rings (SSSR count). The van der Waals surface area contributed by atoms with Crippen LogP contribution in [0, 0.1) is 5.41 Å². The maximum atomic E-state index is 11.6. The second kappa shape index (κ2) is 6.41. The van der Waals surface area contributed by atoms with Crippen LogP contribution in [0.5, 0.6) is 0 Å². The van der Waals surface area contributed by atoms with Crippen molar-refractivity contribution in [3.63, 3.8) is 0 Å². The van der Waals surface area contributed by atoms with E-state index in [-0.39, 0.29) is 17.6 Å². The van der Waals surface area contributed by atoms with Crippen molar-refractivity contribution in [3.05, 3.63) is 0 Å². The highest BCUT2D eigenvalue weighted by atomic mass is 16.7. The van der Waals surface area contributed by atoms with E-state index in [0.717, 1.165) is 0 Å². The molecule has 4 nitrogen and oxygen atoms in total. The molecule has 0 unspecified atom stereocenters. The molecule has 0 saturated carbocycles. The van der Waals surface area contributed by atoms with Gasteiger partial charge in [0.25, 0.3) is 0 Å². The molecule has 0 spiro atoms. The Morgan fingerprint density at radius 2 is 1.50 bits per heavy atom. The smallest absolute Gasteiger partial charge is 0.432 e. The van der Waals surface area contributed by atoms with Crippen LogP contribution < -0.4 is 0 Å². The predicted octanol–water partition coefficient (Wildman–Crippen LogP) is 3.78. The van der Waals surface area contributed by atoms with Crippen LogP contribution in [0.15, 0.2) is 0 Å². The third-order valence-corrected chi connectivity index (χ3v) is 3.08. The molecule has 0 aliphatic carbocycles. The lowest BCUT2D eigenvalue weighted by Gasteiger charge is -2.40. The number of ether oxygens (including phenoxy) is 3. The maximum absolute atomic E-state index is 11.6. The van der Waals surface area contributed by atoms with Gasteiger partial charge in [-0.05, 0) is 41.5 Å². The number of carbonyl (C=O) groups excluding carboxylic acids is 1. The lowest BCUT2D eigenvalue weighted by molar-refractivity contribution is -0.116. The van der Waals surface area contributed by atoms with Gasteiger partial charge < -0.3 is 14.2 Å². The van der Waals surface area contributed by atoms with E-state index in [9.17, 15) is 4.79 Å². The van der Waals surface area contributed by atoms with E-state index < -0.39 is 11.8 Å². The molecule has 0 aromatic heterocycles. The largest absolute Gasteiger partial charge is 0.509 e. The summed E-state index contributed by atoms with van der Waals surface area (Å²) in [5.41, 5.74) is -0.957. The van der Waals surface area contributed by atoms with Crippen molar-refractivity contribution in [3.8, 4) is 0 Å². The van der Waals surface area contributed by atoms with Crippen LogP contribution in [0.25, 0.3) is 0 Å². The monoisotopic (exact) mass is 260 g/mol. The van der Waals surface area contributed by atoms with E-state index in [2.05, 4.69) is 0 Å². The molecule has 0 fully saturated rings. The van der Waals surface area contributed by atoms with Crippen molar-refractivity contribution in [1.29, 1.82) is 0 Å². The lowest BCUT2D eigenvalue weighted by Crippen LogP contribution is -2.46. The highest BCUT2D eigenvalue weighted by molar-refractivity contribution is 5.60. The normalized spacial score (nSPS) is 13.0. The number of hydrogen-bond donors (Lipinski definition) is 0. The van der Waals surface area contributed by atoms with Gasteiger partial charge in [-0.25, -0.2) is 4.79 Å². The molecule has 0 N–H and O–H groups in total. The van der Waals surface area contributed by atoms with E-state index in [1.54, 1.807) is 13.8 Å². The molecular formula is C14H28O4. The molecule has 0 radical (unpaired) electrons. The van der Waals surface area contributed by atoms with Crippen molar-refractivity contribution in [2.45, 2.75) is 73.2 Å². The molecule has 0 heterocycles. The summed E-state index contributed by atoms with van der Waals surface area (Å²) in [6.45, 7) is 15.8. The molecule has 0 aliphatic heterocycles. The molecule has 0 saturated heterocycles. The van der Waals surface area contributed by atoms with Gasteiger partial charge in [-0.1, -0.05) is 13.8 Å². The minimum atomic E-state index is -0.659. The van der Waals surface area contributed by atoms with Crippen molar-refractivity contribution in [2.75, 3.05) is 6.61 Å². The highest BCUT2D eigenvalue weighted by Gasteiger charge is 2.41. The molecule has 0 atom stereocenters. The van der Waals surface area contributed by atoms with Crippen molar-refractivity contribution < 1.29 is 19.0 Å². The Bertz CT molecular complexity index is 267. The first-order valence-corrected chi connectivity index (χ1v) is 6.49. The summed E-state index contributed by atoms with van der Waals surface area (Å²) in [5.74, 6) is 0. The summed E-state index contributed by atoms with van der Waals surface area (Å²) in [5, 5.41) is 0. The van der Waals surface area contributed by atoms with E-state index in [4.69, 9.17) is 14.2 Å². The standard InChI is InChI=1S/C14H28O4/c1-10(2)16-9-13(5,6)14(7,8)18-12(15)17-11(3)4/h10-11H,9H2,1-8H3. The molecule has 0 aliphatic rings. The fourth-order valence-corrected chi connectivity index (χ4v) is 1.11. The van der Waals surface area contributed by atoms with Crippen molar-refractivity contribution >= 4 is 6.16 Å². The first-order chi connectivity index (χ1) is 7.98. The molecule has 0 amide bonds. The minimum Gasteiger partial charge on any atom is -0.432 e. The SMILES string of the molecule is CC(C)OCC(C)(C)C(C)(C)OC(=O)OC(C)C. The predicted molar refractivity (Wildman–Crippen MR) is 71.7 cm³/mol. The van der Waals surface area contributed by atoms with Gasteiger partial charge in [0.1, 0.15) is 5.60 Å². The van der Waals surface area contributed by atoms with Gasteiger partial charge in [-0.2, -0.15) is 0 Å². The van der Waals surface area contributed by atoms with Crippen LogP contribution in [0.1, 0.15) is 55.4 Å². The van der Waals surface area contributed by atoms with Crippen LogP contribution in [0.2, 0.25) is 0 Å². The van der Waals surface area contributed by atoms with Crippen LogP contribution in [-0.2, 0) is 14.2 Å². The summed E-state index contributed by atoms with van der Waals surface area (Å²) in [6, 6.07) is 0. The first kappa shape index (κ1) is 17.2. The molecule has 0 bridgehead atoms. The summed E-state index contributed by atoms with van der Waals surface area (Å²) in [7, 11) is 0. The fraction of sp³-hybridized carbons (Fsp3) is 0.929. The lowest BCUT2D eigenvalue weighted by atomic mass is 9.78.